The highest BCUT2D eigenvalue weighted by Gasteiger charge is 2.23. The van der Waals surface area contributed by atoms with E-state index in [0.29, 0.717) is 36.4 Å². The molecule has 0 saturated carbocycles. The number of nitrogens with zero attached hydrogens (tertiary/aromatic N) is 6. The lowest BCUT2D eigenvalue weighted by Gasteiger charge is -2.36. The summed E-state index contributed by atoms with van der Waals surface area (Å²) in [6.07, 6.45) is 3.23. The fourth-order valence-corrected chi connectivity index (χ4v) is 4.24. The number of halogens is 2. The first-order chi connectivity index (χ1) is 16.9. The van der Waals surface area contributed by atoms with Crippen LogP contribution in [0.3, 0.4) is 0 Å². The summed E-state index contributed by atoms with van der Waals surface area (Å²) in [6, 6.07) is 8.55. The smallest absolute Gasteiger partial charge is 0.309 e. The number of aromatic nitrogens is 3. The highest BCUT2D eigenvalue weighted by Crippen LogP contribution is 2.26. The summed E-state index contributed by atoms with van der Waals surface area (Å²) < 4.78 is 34.4. The first kappa shape index (κ1) is 22.7. The molecule has 0 unspecified atom stereocenters. The second-order valence-corrected chi connectivity index (χ2v) is 8.23. The van der Waals surface area contributed by atoms with Crippen molar-refractivity contribution in [3.63, 3.8) is 0 Å². The molecule has 1 aliphatic heterocycles. The zero-order valence-electron chi connectivity index (χ0n) is 18.8. The van der Waals surface area contributed by atoms with Gasteiger partial charge in [0.2, 0.25) is 5.95 Å². The summed E-state index contributed by atoms with van der Waals surface area (Å²) in [4.78, 5) is 25.3. The van der Waals surface area contributed by atoms with Gasteiger partial charge in [0.25, 0.3) is 0 Å². The monoisotopic (exact) mass is 482 g/mol. The minimum Gasteiger partial charge on any atom is -0.459 e. The highest BCUT2D eigenvalue weighted by atomic mass is 19.1. The largest absolute Gasteiger partial charge is 0.459 e. The van der Waals surface area contributed by atoms with Gasteiger partial charge in [0.1, 0.15) is 17.3 Å². The van der Waals surface area contributed by atoms with Crippen LogP contribution in [0.1, 0.15) is 10.6 Å². The molecule has 0 aliphatic carbocycles. The zero-order chi connectivity index (χ0) is 24.5. The zero-order valence-corrected chi connectivity index (χ0v) is 18.8. The maximum atomic E-state index is 14.1. The van der Waals surface area contributed by atoms with Gasteiger partial charge in [0, 0.05) is 51.5 Å². The lowest BCUT2D eigenvalue weighted by Crippen LogP contribution is -2.47. The second-order valence-electron chi connectivity index (χ2n) is 8.23. The van der Waals surface area contributed by atoms with Crippen LogP contribution in [-0.4, -0.2) is 58.1 Å². The van der Waals surface area contributed by atoms with Crippen LogP contribution in [0.15, 0.2) is 53.3 Å². The van der Waals surface area contributed by atoms with Crippen molar-refractivity contribution in [2.75, 3.05) is 48.4 Å². The molecule has 1 aliphatic rings. The molecule has 1 fully saturated rings. The van der Waals surface area contributed by atoms with E-state index in [1.54, 1.807) is 12.1 Å². The molecule has 1 aromatic carbocycles. The third-order valence-corrected chi connectivity index (χ3v) is 6.07. The standard InChI is InChI=1S/C23H24F2N8O2/c24-15-3-4-18(17(25)14-15)31-10-7-30(8-11-31)9-12-32-6-5-16-20(32)28-23(26)29-21(16)33(27)22(34)19-2-1-13-35-19/h1-6,13-14H,7-12,27H2,(H2,26,28,29). The molecular weight excluding hydrogens is 458 g/mol. The summed E-state index contributed by atoms with van der Waals surface area (Å²) in [5.41, 5.74) is 6.89. The number of piperazine rings is 1. The third kappa shape index (κ3) is 4.53. The Morgan fingerprint density at radius 2 is 1.89 bits per heavy atom. The van der Waals surface area contributed by atoms with E-state index in [-0.39, 0.29) is 17.5 Å². The number of hydrogen-bond donors (Lipinski definition) is 2. The fourth-order valence-electron chi connectivity index (χ4n) is 4.24. The number of rotatable bonds is 6. The van der Waals surface area contributed by atoms with Gasteiger partial charge in [-0.1, -0.05) is 0 Å². The summed E-state index contributed by atoms with van der Waals surface area (Å²) >= 11 is 0. The van der Waals surface area contributed by atoms with Crippen molar-refractivity contribution in [1.82, 2.24) is 19.4 Å². The van der Waals surface area contributed by atoms with E-state index in [9.17, 15) is 13.6 Å². The molecule has 5 rings (SSSR count). The Hall–Kier alpha value is -4.03. The Morgan fingerprint density at radius 3 is 2.60 bits per heavy atom. The topological polar surface area (TPSA) is 123 Å². The van der Waals surface area contributed by atoms with Crippen LogP contribution in [0.4, 0.5) is 26.2 Å². The van der Waals surface area contributed by atoms with E-state index in [2.05, 4.69) is 14.9 Å². The Kier molecular flexibility index (Phi) is 6.05. The SMILES string of the molecule is Nc1nc(N(N)C(=O)c2ccco2)c2ccn(CCN3CCN(c4ccc(F)cc4F)CC3)c2n1. The van der Waals surface area contributed by atoms with Crippen LogP contribution in [0.25, 0.3) is 11.0 Å². The molecule has 0 bridgehead atoms. The number of hydrogen-bond acceptors (Lipinski definition) is 8. The van der Waals surface area contributed by atoms with Gasteiger partial charge in [-0.3, -0.25) is 9.69 Å². The minimum atomic E-state index is -0.584. The van der Waals surface area contributed by atoms with Gasteiger partial charge in [-0.05, 0) is 30.3 Å². The highest BCUT2D eigenvalue weighted by molar-refractivity contribution is 6.07. The first-order valence-electron chi connectivity index (χ1n) is 11.1. The number of hydrazine groups is 1. The molecule has 0 radical (unpaired) electrons. The molecule has 10 nitrogen and oxygen atoms in total. The Morgan fingerprint density at radius 1 is 1.09 bits per heavy atom. The molecule has 1 amide bonds. The number of nitrogens with two attached hydrogens (primary N) is 2. The lowest BCUT2D eigenvalue weighted by atomic mass is 10.2. The van der Waals surface area contributed by atoms with E-state index in [4.69, 9.17) is 16.0 Å². The van der Waals surface area contributed by atoms with E-state index in [1.165, 1.54) is 24.5 Å². The third-order valence-electron chi connectivity index (χ3n) is 6.07. The maximum absolute atomic E-state index is 14.1. The first-order valence-corrected chi connectivity index (χ1v) is 11.1. The van der Waals surface area contributed by atoms with Crippen molar-refractivity contribution in [2.45, 2.75) is 6.54 Å². The lowest BCUT2D eigenvalue weighted by molar-refractivity contribution is 0.0959. The number of furan rings is 1. The Balaban J connectivity index is 1.26. The number of amides is 1. The van der Waals surface area contributed by atoms with Gasteiger partial charge in [0.05, 0.1) is 17.3 Å². The molecule has 0 atom stereocenters. The molecule has 4 heterocycles. The molecule has 182 valence electrons. The van der Waals surface area contributed by atoms with Crippen LogP contribution in [0.5, 0.6) is 0 Å². The predicted octanol–water partition coefficient (Wildman–Crippen LogP) is 2.23. The van der Waals surface area contributed by atoms with E-state index >= 15 is 0 Å². The van der Waals surface area contributed by atoms with E-state index in [0.717, 1.165) is 30.7 Å². The van der Waals surface area contributed by atoms with Crippen molar-refractivity contribution in [2.24, 2.45) is 5.84 Å². The van der Waals surface area contributed by atoms with Crippen molar-refractivity contribution in [1.29, 1.82) is 0 Å². The molecule has 3 aromatic heterocycles. The number of nitrogen functional groups attached to an aromatic ring is 1. The maximum Gasteiger partial charge on any atom is 0.309 e. The van der Waals surface area contributed by atoms with E-state index < -0.39 is 17.5 Å². The van der Waals surface area contributed by atoms with Gasteiger partial charge < -0.3 is 19.6 Å². The van der Waals surface area contributed by atoms with Crippen molar-refractivity contribution >= 4 is 34.4 Å². The quantitative estimate of drug-likeness (QED) is 0.244. The summed E-state index contributed by atoms with van der Waals surface area (Å²) in [7, 11) is 0. The normalized spacial score (nSPS) is 14.5. The van der Waals surface area contributed by atoms with Crippen LogP contribution in [0, 0.1) is 11.6 Å². The Labute approximate surface area is 199 Å². The van der Waals surface area contributed by atoms with Crippen LogP contribution in [0.2, 0.25) is 0 Å². The van der Waals surface area contributed by atoms with E-state index in [1.807, 2.05) is 15.7 Å². The number of anilines is 3. The summed E-state index contributed by atoms with van der Waals surface area (Å²) in [5.74, 6) is 4.61. The fraction of sp³-hybridized carbons (Fsp3) is 0.261. The molecule has 12 heteroatoms. The summed E-state index contributed by atoms with van der Waals surface area (Å²) in [6.45, 7) is 4.05. The van der Waals surface area contributed by atoms with Gasteiger partial charge in [-0.25, -0.2) is 19.6 Å². The molecule has 0 spiro atoms. The number of benzene rings is 1. The van der Waals surface area contributed by atoms with Gasteiger partial charge in [0.15, 0.2) is 11.6 Å². The average Bonchev–Trinajstić information content (AvgIpc) is 3.52. The minimum absolute atomic E-state index is 0.00918. The molecular formula is C23H24F2N8O2. The number of fused-ring (bicyclic) bond motifs is 1. The number of carbonyl (C=O) groups is 1. The van der Waals surface area contributed by atoms with Crippen LogP contribution in [-0.2, 0) is 6.54 Å². The number of carbonyl (C=O) groups excluding carboxylic acids is 1. The average molecular weight is 482 g/mol. The molecule has 1 saturated heterocycles. The predicted molar refractivity (Wildman–Crippen MR) is 127 cm³/mol. The van der Waals surface area contributed by atoms with Gasteiger partial charge in [-0.15, -0.1) is 0 Å². The molecule has 4 aromatic rings. The van der Waals surface area contributed by atoms with Gasteiger partial charge in [-0.2, -0.15) is 9.97 Å². The Bertz CT molecular complexity index is 1350. The second kappa shape index (κ2) is 9.31. The van der Waals surface area contributed by atoms with Crippen molar-refractivity contribution in [3.05, 3.63) is 66.3 Å². The molecule has 4 N–H and O–H groups in total. The van der Waals surface area contributed by atoms with Gasteiger partial charge >= 0.3 is 5.91 Å². The van der Waals surface area contributed by atoms with Crippen molar-refractivity contribution < 1.29 is 18.0 Å². The van der Waals surface area contributed by atoms with Crippen molar-refractivity contribution in [3.8, 4) is 0 Å². The molecule has 35 heavy (non-hydrogen) atoms. The van der Waals surface area contributed by atoms with Crippen LogP contribution < -0.4 is 21.5 Å². The summed E-state index contributed by atoms with van der Waals surface area (Å²) in [5, 5.41) is 1.48. The van der Waals surface area contributed by atoms with Crippen LogP contribution >= 0.6 is 0 Å².